The lowest BCUT2D eigenvalue weighted by Gasteiger charge is -2.22. The molecule has 1 atom stereocenters. The first-order valence-corrected chi connectivity index (χ1v) is 6.56. The number of morpholine rings is 1. The first-order valence-electron chi connectivity index (χ1n) is 6.18. The molecular weight excluding hydrogens is 254 g/mol. The van der Waals surface area contributed by atoms with E-state index in [1.165, 1.54) is 0 Å². The van der Waals surface area contributed by atoms with E-state index < -0.39 is 0 Å². The molecule has 2 rings (SSSR count). The Morgan fingerprint density at radius 3 is 3.00 bits per heavy atom. The van der Waals surface area contributed by atoms with Gasteiger partial charge in [0.1, 0.15) is 6.10 Å². The minimum Gasteiger partial charge on any atom is -0.368 e. The molecule has 1 unspecified atom stereocenters. The average molecular weight is 272 g/mol. The molecule has 0 amide bonds. The number of nitrogens with one attached hydrogen (secondary N) is 1. The van der Waals surface area contributed by atoms with Gasteiger partial charge in [-0.1, -0.05) is 18.5 Å². The van der Waals surface area contributed by atoms with E-state index >= 15 is 0 Å². The molecule has 18 heavy (non-hydrogen) atoms. The first kappa shape index (κ1) is 13.5. The molecule has 1 fully saturated rings. The zero-order chi connectivity index (χ0) is 13.1. The molecule has 5 nitrogen and oxygen atoms in total. The Morgan fingerprint density at radius 2 is 2.44 bits per heavy atom. The van der Waals surface area contributed by atoms with E-state index in [1.54, 1.807) is 4.68 Å². The fourth-order valence-corrected chi connectivity index (χ4v) is 2.42. The van der Waals surface area contributed by atoms with Crippen LogP contribution in [0.2, 0.25) is 5.02 Å². The summed E-state index contributed by atoms with van der Waals surface area (Å²) in [5, 5.41) is 8.06. The minimum absolute atomic E-state index is 0.0507. The average Bonchev–Trinajstić information content (AvgIpc) is 2.67. The lowest BCUT2D eigenvalue weighted by atomic mass is 10.1. The Hall–Kier alpha value is -0.910. The molecule has 0 aliphatic carbocycles. The predicted molar refractivity (Wildman–Crippen MR) is 68.9 cm³/mol. The summed E-state index contributed by atoms with van der Waals surface area (Å²) < 4.78 is 7.13. The summed E-state index contributed by atoms with van der Waals surface area (Å²) in [6.45, 7) is 3.95. The van der Waals surface area contributed by atoms with Crippen molar-refractivity contribution in [3.8, 4) is 0 Å². The number of ketones is 1. The summed E-state index contributed by atoms with van der Waals surface area (Å²) in [6, 6.07) is 0. The first-order chi connectivity index (χ1) is 8.63. The Kier molecular flexibility index (Phi) is 4.37. The van der Waals surface area contributed by atoms with Gasteiger partial charge >= 0.3 is 0 Å². The van der Waals surface area contributed by atoms with Crippen LogP contribution in [-0.4, -0.2) is 41.4 Å². The second-order valence-electron chi connectivity index (χ2n) is 4.39. The smallest absolute Gasteiger partial charge is 0.168 e. The third kappa shape index (κ3) is 2.74. The number of aromatic nitrogens is 2. The van der Waals surface area contributed by atoms with Crippen LogP contribution in [0.25, 0.3) is 0 Å². The molecule has 100 valence electrons. The summed E-state index contributed by atoms with van der Waals surface area (Å²) in [7, 11) is 1.81. The topological polar surface area (TPSA) is 56.2 Å². The Labute approximate surface area is 111 Å². The fraction of sp³-hybridized carbons (Fsp3) is 0.667. The Bertz CT molecular complexity index is 439. The van der Waals surface area contributed by atoms with Gasteiger partial charge in [0.2, 0.25) is 0 Å². The zero-order valence-electron chi connectivity index (χ0n) is 10.7. The van der Waals surface area contributed by atoms with E-state index in [0.29, 0.717) is 18.2 Å². The van der Waals surface area contributed by atoms with Crippen molar-refractivity contribution in [1.82, 2.24) is 15.1 Å². The van der Waals surface area contributed by atoms with Gasteiger partial charge in [0.05, 0.1) is 29.4 Å². The predicted octanol–water partition coefficient (Wildman–Crippen LogP) is 0.736. The van der Waals surface area contributed by atoms with Crippen molar-refractivity contribution in [2.45, 2.75) is 25.9 Å². The maximum Gasteiger partial charge on any atom is 0.168 e. The van der Waals surface area contributed by atoms with Crippen molar-refractivity contribution >= 4 is 17.4 Å². The van der Waals surface area contributed by atoms with Crippen molar-refractivity contribution in [2.75, 3.05) is 19.7 Å². The van der Waals surface area contributed by atoms with Gasteiger partial charge in [-0.25, -0.2) is 0 Å². The Morgan fingerprint density at radius 1 is 1.67 bits per heavy atom. The molecule has 1 aromatic rings. The number of rotatable bonds is 4. The quantitative estimate of drug-likeness (QED) is 0.877. The number of hydrogen-bond donors (Lipinski definition) is 1. The molecule has 0 bridgehead atoms. The third-order valence-electron chi connectivity index (χ3n) is 3.13. The van der Waals surface area contributed by atoms with Crippen LogP contribution in [0.1, 0.15) is 18.3 Å². The second-order valence-corrected chi connectivity index (χ2v) is 4.77. The van der Waals surface area contributed by atoms with Crippen molar-refractivity contribution in [1.29, 1.82) is 0 Å². The molecule has 0 aromatic carbocycles. The minimum atomic E-state index is -0.366. The molecule has 6 heteroatoms. The standard InChI is InChI=1S/C12H18ClN3O2/c1-3-8-12(13)9(16(2)15-8)6-10(17)11-7-14-4-5-18-11/h11,14H,3-7H2,1-2H3. The number of hydrogen-bond acceptors (Lipinski definition) is 4. The van der Waals surface area contributed by atoms with Crippen LogP contribution >= 0.6 is 11.6 Å². The molecule has 1 N–H and O–H groups in total. The van der Waals surface area contributed by atoms with Gasteiger partial charge in [-0.15, -0.1) is 0 Å². The van der Waals surface area contributed by atoms with Crippen LogP contribution < -0.4 is 5.32 Å². The van der Waals surface area contributed by atoms with Crippen LogP contribution in [0, 0.1) is 0 Å². The van der Waals surface area contributed by atoms with E-state index in [4.69, 9.17) is 16.3 Å². The summed E-state index contributed by atoms with van der Waals surface area (Å²) in [4.78, 5) is 12.1. The van der Waals surface area contributed by atoms with Crippen molar-refractivity contribution in [3.63, 3.8) is 0 Å². The van der Waals surface area contributed by atoms with Gasteiger partial charge in [0.15, 0.2) is 5.78 Å². The molecule has 0 radical (unpaired) electrons. The van der Waals surface area contributed by atoms with Crippen LogP contribution in [0.15, 0.2) is 0 Å². The van der Waals surface area contributed by atoms with Gasteiger partial charge in [-0.05, 0) is 6.42 Å². The van der Waals surface area contributed by atoms with E-state index in [9.17, 15) is 4.79 Å². The molecule has 0 spiro atoms. The van der Waals surface area contributed by atoms with E-state index in [1.807, 2.05) is 14.0 Å². The van der Waals surface area contributed by atoms with Crippen LogP contribution in [0.5, 0.6) is 0 Å². The number of carbonyl (C=O) groups is 1. The molecule has 1 aliphatic rings. The highest BCUT2D eigenvalue weighted by Crippen LogP contribution is 2.22. The summed E-state index contributed by atoms with van der Waals surface area (Å²) >= 11 is 6.22. The number of nitrogens with zero attached hydrogens (tertiary/aromatic N) is 2. The van der Waals surface area contributed by atoms with Crippen molar-refractivity contribution in [2.24, 2.45) is 7.05 Å². The highest BCUT2D eigenvalue weighted by molar-refractivity contribution is 6.32. The number of ether oxygens (including phenoxy) is 1. The van der Waals surface area contributed by atoms with Crippen LogP contribution in [0.4, 0.5) is 0 Å². The molecular formula is C12H18ClN3O2. The van der Waals surface area contributed by atoms with Gasteiger partial charge in [-0.3, -0.25) is 9.48 Å². The lowest BCUT2D eigenvalue weighted by Crippen LogP contribution is -2.43. The van der Waals surface area contributed by atoms with Gasteiger partial charge in [-0.2, -0.15) is 5.10 Å². The van der Waals surface area contributed by atoms with Gasteiger partial charge in [0, 0.05) is 20.1 Å². The van der Waals surface area contributed by atoms with Gasteiger partial charge < -0.3 is 10.1 Å². The number of aryl methyl sites for hydroxylation is 2. The highest BCUT2D eigenvalue weighted by Gasteiger charge is 2.24. The molecule has 2 heterocycles. The SMILES string of the molecule is CCc1nn(C)c(CC(=O)C2CNCCO2)c1Cl. The molecule has 1 aliphatic heterocycles. The molecule has 1 saturated heterocycles. The number of halogens is 1. The van der Waals surface area contributed by atoms with Crippen molar-refractivity contribution < 1.29 is 9.53 Å². The molecule has 0 saturated carbocycles. The highest BCUT2D eigenvalue weighted by atomic mass is 35.5. The third-order valence-corrected chi connectivity index (χ3v) is 3.57. The number of Topliss-reactive ketones (excluding diaryl/α,β-unsaturated/α-hetero) is 1. The monoisotopic (exact) mass is 271 g/mol. The van der Waals surface area contributed by atoms with Gasteiger partial charge in [0.25, 0.3) is 0 Å². The number of carbonyl (C=O) groups excluding carboxylic acids is 1. The maximum atomic E-state index is 12.1. The summed E-state index contributed by atoms with van der Waals surface area (Å²) in [6.07, 6.45) is 0.673. The summed E-state index contributed by atoms with van der Waals surface area (Å²) in [5.41, 5.74) is 1.61. The van der Waals surface area contributed by atoms with Crippen LogP contribution in [-0.2, 0) is 29.4 Å². The van der Waals surface area contributed by atoms with E-state index in [-0.39, 0.29) is 18.3 Å². The van der Waals surface area contributed by atoms with Crippen molar-refractivity contribution in [3.05, 3.63) is 16.4 Å². The normalized spacial score (nSPS) is 20.1. The lowest BCUT2D eigenvalue weighted by molar-refractivity contribution is -0.131. The Balaban J connectivity index is 2.08. The maximum absolute atomic E-state index is 12.1. The summed E-state index contributed by atoms with van der Waals surface area (Å²) in [5.74, 6) is 0.0507. The fourth-order valence-electron chi connectivity index (χ4n) is 2.06. The second kappa shape index (κ2) is 5.82. The van der Waals surface area contributed by atoms with E-state index in [0.717, 1.165) is 24.4 Å². The zero-order valence-corrected chi connectivity index (χ0v) is 11.5. The largest absolute Gasteiger partial charge is 0.368 e. The molecule has 1 aromatic heterocycles. The van der Waals surface area contributed by atoms with Crippen LogP contribution in [0.3, 0.4) is 0 Å². The van der Waals surface area contributed by atoms with E-state index in [2.05, 4.69) is 10.4 Å².